The van der Waals surface area contributed by atoms with E-state index in [0.717, 1.165) is 44.8 Å². The van der Waals surface area contributed by atoms with Crippen molar-refractivity contribution < 1.29 is 4.79 Å². The Bertz CT molecular complexity index is 569. The molecule has 25 heavy (non-hydrogen) atoms. The van der Waals surface area contributed by atoms with Gasteiger partial charge in [-0.15, -0.1) is 0 Å². The number of amides is 1. The van der Waals surface area contributed by atoms with Gasteiger partial charge in [0, 0.05) is 51.4 Å². The maximum atomic E-state index is 12.5. The van der Waals surface area contributed by atoms with E-state index < -0.39 is 0 Å². The second-order valence-electron chi connectivity index (χ2n) is 7.59. The van der Waals surface area contributed by atoms with Crippen LogP contribution in [0.2, 0.25) is 0 Å². The van der Waals surface area contributed by atoms with Gasteiger partial charge in [-0.05, 0) is 51.4 Å². The first-order chi connectivity index (χ1) is 12.1. The standard InChI is InChI=1S/C20H32N4O/c1-17-6-5-10-21-19(17)16-23-12-14-24(15-13-23)20(25)9-8-18-7-3-4-11-22(18)2/h5-6,10,18H,3-4,7-9,11-16H2,1-2H3/t18-/m0/s1. The van der Waals surface area contributed by atoms with Crippen LogP contribution in [0, 0.1) is 6.92 Å². The summed E-state index contributed by atoms with van der Waals surface area (Å²) in [5.41, 5.74) is 2.40. The Morgan fingerprint density at radius 1 is 1.20 bits per heavy atom. The fourth-order valence-corrected chi connectivity index (χ4v) is 4.01. The van der Waals surface area contributed by atoms with Crippen LogP contribution in [-0.2, 0) is 11.3 Å². The molecule has 0 radical (unpaired) electrons. The molecule has 0 N–H and O–H groups in total. The molecule has 0 aromatic carbocycles. The molecule has 2 aliphatic rings. The second-order valence-corrected chi connectivity index (χ2v) is 7.59. The van der Waals surface area contributed by atoms with E-state index in [-0.39, 0.29) is 0 Å². The molecule has 1 atom stereocenters. The van der Waals surface area contributed by atoms with Gasteiger partial charge >= 0.3 is 0 Å². The van der Waals surface area contributed by atoms with Crippen LogP contribution in [0.25, 0.3) is 0 Å². The van der Waals surface area contributed by atoms with Crippen molar-refractivity contribution in [3.63, 3.8) is 0 Å². The predicted octanol–water partition coefficient (Wildman–Crippen LogP) is 2.30. The SMILES string of the molecule is Cc1cccnc1CN1CCN(C(=O)CC[C@@H]2CCCCN2C)CC1. The van der Waals surface area contributed by atoms with E-state index in [2.05, 4.69) is 39.7 Å². The molecular weight excluding hydrogens is 312 g/mol. The van der Waals surface area contributed by atoms with Crippen molar-refractivity contribution >= 4 is 5.91 Å². The summed E-state index contributed by atoms with van der Waals surface area (Å²) < 4.78 is 0. The highest BCUT2D eigenvalue weighted by molar-refractivity contribution is 5.76. The maximum absolute atomic E-state index is 12.5. The van der Waals surface area contributed by atoms with Crippen LogP contribution in [0.4, 0.5) is 0 Å². The summed E-state index contributed by atoms with van der Waals surface area (Å²) in [4.78, 5) is 23.9. The van der Waals surface area contributed by atoms with E-state index in [4.69, 9.17) is 0 Å². The highest BCUT2D eigenvalue weighted by Gasteiger charge is 2.24. The van der Waals surface area contributed by atoms with Gasteiger partial charge in [-0.1, -0.05) is 12.5 Å². The molecule has 1 amide bonds. The number of hydrogen-bond acceptors (Lipinski definition) is 4. The van der Waals surface area contributed by atoms with E-state index in [1.54, 1.807) is 0 Å². The van der Waals surface area contributed by atoms with Gasteiger partial charge in [-0.25, -0.2) is 0 Å². The van der Waals surface area contributed by atoms with Crippen molar-refractivity contribution in [2.75, 3.05) is 39.8 Å². The molecule has 0 spiro atoms. The van der Waals surface area contributed by atoms with E-state index >= 15 is 0 Å². The molecule has 1 aromatic rings. The lowest BCUT2D eigenvalue weighted by molar-refractivity contribution is -0.133. The average molecular weight is 345 g/mol. The third kappa shape index (κ3) is 5.02. The van der Waals surface area contributed by atoms with E-state index in [0.29, 0.717) is 18.4 Å². The largest absolute Gasteiger partial charge is 0.340 e. The maximum Gasteiger partial charge on any atom is 0.222 e. The van der Waals surface area contributed by atoms with Crippen molar-refractivity contribution in [2.45, 2.75) is 51.6 Å². The first-order valence-electron chi connectivity index (χ1n) is 9.74. The number of carbonyl (C=O) groups is 1. The van der Waals surface area contributed by atoms with Crippen LogP contribution in [0.3, 0.4) is 0 Å². The fraction of sp³-hybridized carbons (Fsp3) is 0.700. The van der Waals surface area contributed by atoms with Crippen molar-refractivity contribution in [1.82, 2.24) is 19.7 Å². The fourth-order valence-electron chi connectivity index (χ4n) is 4.01. The van der Waals surface area contributed by atoms with Gasteiger partial charge in [0.2, 0.25) is 5.91 Å². The van der Waals surface area contributed by atoms with Gasteiger partial charge in [-0.3, -0.25) is 14.7 Å². The van der Waals surface area contributed by atoms with Gasteiger partial charge in [0.25, 0.3) is 0 Å². The molecule has 0 saturated carbocycles. The van der Waals surface area contributed by atoms with Crippen LogP contribution in [-0.4, -0.2) is 71.4 Å². The van der Waals surface area contributed by atoms with Gasteiger partial charge < -0.3 is 9.80 Å². The summed E-state index contributed by atoms with van der Waals surface area (Å²) in [5, 5.41) is 0. The number of likely N-dealkylation sites (tertiary alicyclic amines) is 1. The summed E-state index contributed by atoms with van der Waals surface area (Å²) in [5.74, 6) is 0.340. The number of nitrogens with zero attached hydrogens (tertiary/aromatic N) is 4. The Hall–Kier alpha value is -1.46. The Morgan fingerprint density at radius 3 is 2.72 bits per heavy atom. The number of pyridine rings is 1. The molecule has 5 heteroatoms. The van der Waals surface area contributed by atoms with Crippen molar-refractivity contribution in [3.8, 4) is 0 Å². The number of rotatable bonds is 5. The van der Waals surface area contributed by atoms with Gasteiger partial charge in [-0.2, -0.15) is 0 Å². The molecule has 2 saturated heterocycles. The van der Waals surface area contributed by atoms with Gasteiger partial charge in [0.1, 0.15) is 0 Å². The van der Waals surface area contributed by atoms with E-state index in [9.17, 15) is 4.79 Å². The first-order valence-corrected chi connectivity index (χ1v) is 9.74. The molecule has 2 aliphatic heterocycles. The molecule has 0 unspecified atom stereocenters. The quantitative estimate of drug-likeness (QED) is 0.822. The van der Waals surface area contributed by atoms with E-state index in [1.807, 2.05) is 12.3 Å². The van der Waals surface area contributed by atoms with Gasteiger partial charge in [0.05, 0.1) is 5.69 Å². The number of piperazine rings is 1. The Morgan fingerprint density at radius 2 is 2.00 bits per heavy atom. The van der Waals surface area contributed by atoms with Crippen molar-refractivity contribution in [1.29, 1.82) is 0 Å². The molecule has 3 heterocycles. The number of aromatic nitrogens is 1. The predicted molar refractivity (Wildman–Crippen MR) is 100 cm³/mol. The molecular formula is C20H32N4O. The number of piperidine rings is 1. The minimum atomic E-state index is 0.340. The minimum absolute atomic E-state index is 0.340. The van der Waals surface area contributed by atoms with Crippen LogP contribution in [0.1, 0.15) is 43.4 Å². The summed E-state index contributed by atoms with van der Waals surface area (Å²) in [6, 6.07) is 4.70. The molecule has 1 aromatic heterocycles. The van der Waals surface area contributed by atoms with E-state index in [1.165, 1.54) is 31.4 Å². The molecule has 3 rings (SSSR count). The molecule has 0 aliphatic carbocycles. The highest BCUT2D eigenvalue weighted by Crippen LogP contribution is 2.20. The Balaban J connectivity index is 1.41. The number of carbonyl (C=O) groups excluding carboxylic acids is 1. The van der Waals surface area contributed by atoms with Crippen LogP contribution < -0.4 is 0 Å². The molecule has 5 nitrogen and oxygen atoms in total. The third-order valence-electron chi connectivity index (χ3n) is 5.83. The summed E-state index contributed by atoms with van der Waals surface area (Å²) >= 11 is 0. The lowest BCUT2D eigenvalue weighted by Crippen LogP contribution is -2.48. The third-order valence-corrected chi connectivity index (χ3v) is 5.83. The van der Waals surface area contributed by atoms with Crippen LogP contribution >= 0.6 is 0 Å². The first kappa shape index (κ1) is 18.3. The van der Waals surface area contributed by atoms with Crippen molar-refractivity contribution in [3.05, 3.63) is 29.6 Å². The topological polar surface area (TPSA) is 39.7 Å². The smallest absolute Gasteiger partial charge is 0.222 e. The van der Waals surface area contributed by atoms with Gasteiger partial charge in [0.15, 0.2) is 0 Å². The molecule has 0 bridgehead atoms. The summed E-state index contributed by atoms with van der Waals surface area (Å²) in [6.07, 6.45) is 7.45. The minimum Gasteiger partial charge on any atom is -0.340 e. The average Bonchev–Trinajstić information content (AvgIpc) is 2.63. The zero-order chi connectivity index (χ0) is 17.6. The Kier molecular flexibility index (Phi) is 6.43. The monoisotopic (exact) mass is 344 g/mol. The summed E-state index contributed by atoms with van der Waals surface area (Å²) in [7, 11) is 2.20. The summed E-state index contributed by atoms with van der Waals surface area (Å²) in [6.45, 7) is 7.79. The zero-order valence-electron chi connectivity index (χ0n) is 15.8. The number of aryl methyl sites for hydroxylation is 1. The molecule has 2 fully saturated rings. The Labute approximate surface area is 152 Å². The lowest BCUT2D eigenvalue weighted by Gasteiger charge is -2.36. The van der Waals surface area contributed by atoms with Crippen molar-refractivity contribution in [2.24, 2.45) is 0 Å². The lowest BCUT2D eigenvalue weighted by atomic mass is 9.98. The normalized spacial score (nSPS) is 23.0. The number of hydrogen-bond donors (Lipinski definition) is 0. The molecule has 138 valence electrons. The zero-order valence-corrected chi connectivity index (χ0v) is 15.8. The van der Waals surface area contributed by atoms with Crippen LogP contribution in [0.5, 0.6) is 0 Å². The van der Waals surface area contributed by atoms with Crippen LogP contribution in [0.15, 0.2) is 18.3 Å². The second kappa shape index (κ2) is 8.77. The highest BCUT2D eigenvalue weighted by atomic mass is 16.2.